The van der Waals surface area contributed by atoms with Crippen molar-refractivity contribution in [2.24, 2.45) is 0 Å². The number of methoxy groups -OCH3 is 1. The summed E-state index contributed by atoms with van der Waals surface area (Å²) in [4.78, 5) is 50.9. The minimum atomic E-state index is -1.18. The number of thioether (sulfide) groups is 1. The summed E-state index contributed by atoms with van der Waals surface area (Å²) >= 11 is 11.3. The zero-order valence-electron chi connectivity index (χ0n) is 24.4. The fraction of sp³-hybridized carbons (Fsp3) is 0.303. The fourth-order valence-electron chi connectivity index (χ4n) is 6.18. The molecule has 44 heavy (non-hydrogen) atoms. The molecular weight excluding hydrogens is 664 g/mol. The number of H-pyrrole nitrogens is 1. The molecule has 8 nitrogen and oxygen atoms in total. The molecule has 3 heterocycles. The number of hydrogen-bond acceptors (Lipinski definition) is 5. The van der Waals surface area contributed by atoms with Gasteiger partial charge in [-0.05, 0) is 48.9 Å². The third-order valence-corrected chi connectivity index (χ3v) is 10.6. The number of ether oxygens (including phenoxy) is 1. The number of halogens is 2. The van der Waals surface area contributed by atoms with Gasteiger partial charge in [0.15, 0.2) is 0 Å². The molecule has 2 atom stereocenters. The molecule has 0 saturated carbocycles. The summed E-state index contributed by atoms with van der Waals surface area (Å²) in [5.41, 5.74) is 3.77. The molecule has 2 aliphatic rings. The highest BCUT2D eigenvalue weighted by Gasteiger charge is 2.59. The number of likely N-dealkylation sites (tertiary alicyclic amines) is 1. The van der Waals surface area contributed by atoms with E-state index in [0.29, 0.717) is 37.7 Å². The number of piperazine rings is 1. The van der Waals surface area contributed by atoms with E-state index >= 15 is 0 Å². The molecular formula is C33H32BrClN4O4S. The average molecular weight is 696 g/mol. The van der Waals surface area contributed by atoms with Gasteiger partial charge in [-0.2, -0.15) is 0 Å². The van der Waals surface area contributed by atoms with Gasteiger partial charge in [0, 0.05) is 69.8 Å². The SMILES string of the molecule is COC(=O)N1CCN(C(=O)C2(Sc3ccc(C)cc3)CC(=O)N(Cc3ccc(Br)cc3)C2c2c[nH]c3cc(Cl)ccc23)CC1. The zero-order chi connectivity index (χ0) is 31.0. The molecule has 1 N–H and O–H groups in total. The molecule has 2 fully saturated rings. The Kier molecular flexibility index (Phi) is 8.68. The summed E-state index contributed by atoms with van der Waals surface area (Å²) in [5, 5.41) is 1.51. The summed E-state index contributed by atoms with van der Waals surface area (Å²) in [6, 6.07) is 21.0. The van der Waals surface area contributed by atoms with Crippen molar-refractivity contribution in [3.8, 4) is 0 Å². The van der Waals surface area contributed by atoms with Gasteiger partial charge >= 0.3 is 6.09 Å². The lowest BCUT2D eigenvalue weighted by atomic mass is 9.90. The van der Waals surface area contributed by atoms with Crippen molar-refractivity contribution in [2.45, 2.75) is 35.6 Å². The number of carbonyl (C=O) groups excluding carboxylic acids is 3. The number of benzene rings is 3. The third kappa shape index (κ3) is 5.82. The lowest BCUT2D eigenvalue weighted by Gasteiger charge is -2.42. The van der Waals surface area contributed by atoms with Gasteiger partial charge in [0.2, 0.25) is 11.8 Å². The number of aryl methyl sites for hydroxylation is 1. The molecule has 2 aliphatic heterocycles. The number of nitrogens with zero attached hydrogens (tertiary/aromatic N) is 3. The summed E-state index contributed by atoms with van der Waals surface area (Å²) in [6.07, 6.45) is 1.53. The van der Waals surface area contributed by atoms with Crippen LogP contribution in [-0.2, 0) is 20.9 Å². The van der Waals surface area contributed by atoms with Gasteiger partial charge in [-0.3, -0.25) is 9.59 Å². The molecule has 228 valence electrons. The molecule has 2 saturated heterocycles. The molecule has 11 heteroatoms. The molecule has 0 bridgehead atoms. The van der Waals surface area contributed by atoms with Crippen LogP contribution >= 0.6 is 39.3 Å². The predicted molar refractivity (Wildman–Crippen MR) is 176 cm³/mol. The molecule has 2 unspecified atom stereocenters. The number of amides is 3. The van der Waals surface area contributed by atoms with Gasteiger partial charge < -0.3 is 24.4 Å². The largest absolute Gasteiger partial charge is 0.453 e. The van der Waals surface area contributed by atoms with Crippen LogP contribution in [-0.4, -0.2) is 75.6 Å². The number of carbonyl (C=O) groups is 3. The second-order valence-corrected chi connectivity index (χ2v) is 14.0. The minimum Gasteiger partial charge on any atom is -0.453 e. The average Bonchev–Trinajstić information content (AvgIpc) is 3.55. The van der Waals surface area contributed by atoms with E-state index in [9.17, 15) is 14.4 Å². The fourth-order valence-corrected chi connectivity index (χ4v) is 8.09. The topological polar surface area (TPSA) is 85.9 Å². The van der Waals surface area contributed by atoms with Gasteiger partial charge in [-0.15, -0.1) is 11.8 Å². The summed E-state index contributed by atoms with van der Waals surface area (Å²) < 4.78 is 4.69. The highest BCUT2D eigenvalue weighted by Crippen LogP contribution is 2.55. The Morgan fingerprint density at radius 1 is 1.02 bits per heavy atom. The quantitative estimate of drug-likeness (QED) is 0.240. The van der Waals surface area contributed by atoms with Gasteiger partial charge in [-0.1, -0.05) is 63.4 Å². The van der Waals surface area contributed by atoms with E-state index in [4.69, 9.17) is 16.3 Å². The van der Waals surface area contributed by atoms with E-state index in [1.807, 2.05) is 84.8 Å². The molecule has 4 aromatic rings. The number of aromatic nitrogens is 1. The number of nitrogens with one attached hydrogen (secondary N) is 1. The van der Waals surface area contributed by atoms with Gasteiger partial charge in [-0.25, -0.2) is 4.79 Å². The Hall–Kier alpha value is -3.47. The van der Waals surface area contributed by atoms with Crippen LogP contribution in [0, 0.1) is 6.92 Å². The highest BCUT2D eigenvalue weighted by atomic mass is 79.9. The second kappa shape index (κ2) is 12.5. The molecule has 6 rings (SSSR count). The monoisotopic (exact) mass is 694 g/mol. The predicted octanol–water partition coefficient (Wildman–Crippen LogP) is 6.81. The van der Waals surface area contributed by atoms with Crippen LogP contribution < -0.4 is 0 Å². The molecule has 1 aromatic heterocycles. The highest BCUT2D eigenvalue weighted by molar-refractivity contribution is 9.10. The molecule has 3 aromatic carbocycles. The van der Waals surface area contributed by atoms with Crippen LogP contribution in [0.2, 0.25) is 5.02 Å². The van der Waals surface area contributed by atoms with E-state index < -0.39 is 16.9 Å². The van der Waals surface area contributed by atoms with Crippen LogP contribution in [0.1, 0.15) is 29.2 Å². The Morgan fingerprint density at radius 3 is 2.39 bits per heavy atom. The van der Waals surface area contributed by atoms with Crippen LogP contribution in [0.3, 0.4) is 0 Å². The van der Waals surface area contributed by atoms with Crippen LogP contribution in [0.5, 0.6) is 0 Å². The van der Waals surface area contributed by atoms with Crippen molar-refractivity contribution < 1.29 is 19.1 Å². The maximum atomic E-state index is 15.0. The van der Waals surface area contributed by atoms with Crippen LogP contribution in [0.4, 0.5) is 4.79 Å². The first-order valence-corrected chi connectivity index (χ1v) is 16.4. The normalized spacial score (nSPS) is 20.4. The van der Waals surface area contributed by atoms with Crippen molar-refractivity contribution in [3.63, 3.8) is 0 Å². The Labute approximate surface area is 273 Å². The van der Waals surface area contributed by atoms with Crippen LogP contribution in [0.25, 0.3) is 10.9 Å². The summed E-state index contributed by atoms with van der Waals surface area (Å²) in [6.45, 7) is 3.78. The molecule has 3 amide bonds. The van der Waals surface area contributed by atoms with Gasteiger partial charge in [0.25, 0.3) is 0 Å². The maximum absolute atomic E-state index is 15.0. The lowest BCUT2D eigenvalue weighted by molar-refractivity contribution is -0.136. The van der Waals surface area contributed by atoms with E-state index in [-0.39, 0.29) is 18.2 Å². The zero-order valence-corrected chi connectivity index (χ0v) is 27.5. The van der Waals surface area contributed by atoms with Crippen molar-refractivity contribution in [1.29, 1.82) is 0 Å². The third-order valence-electron chi connectivity index (χ3n) is 8.41. The first-order valence-electron chi connectivity index (χ1n) is 14.4. The van der Waals surface area contributed by atoms with Crippen molar-refractivity contribution in [1.82, 2.24) is 19.7 Å². The number of hydrogen-bond donors (Lipinski definition) is 1. The smallest absolute Gasteiger partial charge is 0.409 e. The van der Waals surface area contributed by atoms with Crippen molar-refractivity contribution in [3.05, 3.63) is 99.1 Å². The Bertz CT molecular complexity index is 1710. The summed E-state index contributed by atoms with van der Waals surface area (Å²) in [7, 11) is 1.36. The molecule has 0 spiro atoms. The standard InChI is InChI=1S/C33H32BrClN4O4S/c1-21-3-10-25(11-4-21)44-33(31(41)37-13-15-38(16-14-37)32(42)43-2)18-29(40)39(20-22-5-7-23(34)8-6-22)30(33)27-19-36-28-17-24(35)9-12-26(27)28/h3-12,17,19,30,36H,13-16,18,20H2,1-2H3. The minimum absolute atomic E-state index is 0.0308. The van der Waals surface area contributed by atoms with Crippen molar-refractivity contribution in [2.75, 3.05) is 33.3 Å². The summed E-state index contributed by atoms with van der Waals surface area (Å²) in [5.74, 6) is -0.213. The lowest BCUT2D eigenvalue weighted by Crippen LogP contribution is -2.57. The number of rotatable bonds is 6. The van der Waals surface area contributed by atoms with Crippen LogP contribution in [0.15, 0.2) is 82.3 Å². The molecule has 0 radical (unpaired) electrons. The van der Waals surface area contributed by atoms with E-state index in [0.717, 1.165) is 37.0 Å². The first kappa shape index (κ1) is 30.6. The maximum Gasteiger partial charge on any atom is 0.409 e. The van der Waals surface area contributed by atoms with E-state index in [1.54, 1.807) is 9.80 Å². The Morgan fingerprint density at radius 2 is 1.70 bits per heavy atom. The first-order chi connectivity index (χ1) is 21.2. The van der Waals surface area contributed by atoms with Gasteiger partial charge in [0.05, 0.1) is 19.6 Å². The van der Waals surface area contributed by atoms with E-state index in [1.165, 1.54) is 18.9 Å². The second-order valence-electron chi connectivity index (χ2n) is 11.2. The van der Waals surface area contributed by atoms with Crippen molar-refractivity contribution >= 4 is 68.1 Å². The Balaban J connectivity index is 1.48. The van der Waals surface area contributed by atoms with Gasteiger partial charge in [0.1, 0.15) is 4.75 Å². The number of aromatic amines is 1. The molecule has 0 aliphatic carbocycles. The number of fused-ring (bicyclic) bond motifs is 1. The van der Waals surface area contributed by atoms with E-state index in [2.05, 4.69) is 20.9 Å².